The van der Waals surface area contributed by atoms with E-state index >= 15 is 0 Å². The van der Waals surface area contributed by atoms with Gasteiger partial charge in [0.15, 0.2) is 0 Å². The van der Waals surface area contributed by atoms with Gasteiger partial charge in [-0.2, -0.15) is 0 Å². The lowest BCUT2D eigenvalue weighted by Crippen LogP contribution is -2.31. The first-order valence-corrected chi connectivity index (χ1v) is 10.7. The van der Waals surface area contributed by atoms with E-state index in [1.165, 1.54) is 6.07 Å². The Hall–Kier alpha value is -3.87. The monoisotopic (exact) mass is 430 g/mol. The van der Waals surface area contributed by atoms with Crippen molar-refractivity contribution in [3.63, 3.8) is 0 Å². The molecule has 2 aromatic heterocycles. The predicted molar refractivity (Wildman–Crippen MR) is 123 cm³/mol. The maximum atomic E-state index is 12.8. The van der Waals surface area contributed by atoms with E-state index in [9.17, 15) is 14.7 Å². The van der Waals surface area contributed by atoms with E-state index in [2.05, 4.69) is 15.3 Å². The van der Waals surface area contributed by atoms with E-state index in [-0.39, 0.29) is 29.7 Å². The second-order valence-electron chi connectivity index (χ2n) is 7.90. The number of aromatic hydroxyl groups is 1. The van der Waals surface area contributed by atoms with Crippen LogP contribution >= 0.6 is 0 Å². The van der Waals surface area contributed by atoms with Crippen LogP contribution in [0.25, 0.3) is 11.0 Å². The van der Waals surface area contributed by atoms with Gasteiger partial charge in [-0.1, -0.05) is 42.5 Å². The van der Waals surface area contributed by atoms with Crippen LogP contribution in [-0.2, 0) is 17.8 Å². The van der Waals surface area contributed by atoms with Crippen LogP contribution in [0, 0.1) is 6.92 Å². The molecule has 164 valence electrons. The largest absolute Gasteiger partial charge is 0.508 e. The molecule has 4 aromatic rings. The first-order chi connectivity index (χ1) is 15.5. The zero-order chi connectivity index (χ0) is 22.5. The van der Waals surface area contributed by atoms with E-state index in [1.54, 1.807) is 17.6 Å². The Bertz CT molecular complexity index is 1240. The van der Waals surface area contributed by atoms with E-state index in [4.69, 9.17) is 0 Å². The second-order valence-corrected chi connectivity index (χ2v) is 7.90. The molecule has 2 aromatic carbocycles. The number of H-pyrrole nitrogens is 1. The summed E-state index contributed by atoms with van der Waals surface area (Å²) in [4.78, 5) is 32.9. The summed E-state index contributed by atoms with van der Waals surface area (Å²) in [7, 11) is 0. The maximum absolute atomic E-state index is 12.8. The van der Waals surface area contributed by atoms with Crippen LogP contribution in [0.15, 0.2) is 71.5 Å². The number of hydrogen-bond donors (Lipinski definition) is 3. The van der Waals surface area contributed by atoms with Crippen molar-refractivity contribution in [3.05, 3.63) is 94.2 Å². The second kappa shape index (κ2) is 9.51. The van der Waals surface area contributed by atoms with Crippen LogP contribution < -0.4 is 10.9 Å². The Labute approximate surface area is 185 Å². The summed E-state index contributed by atoms with van der Waals surface area (Å²) in [6.07, 6.45) is 1.40. The van der Waals surface area contributed by atoms with Crippen LogP contribution in [0.4, 0.5) is 0 Å². The summed E-state index contributed by atoms with van der Waals surface area (Å²) < 4.78 is 1.56. The highest BCUT2D eigenvalue weighted by Crippen LogP contribution is 2.20. The van der Waals surface area contributed by atoms with Crippen molar-refractivity contribution in [2.75, 3.05) is 0 Å². The molecule has 0 aliphatic rings. The number of aryl methyl sites for hydroxylation is 1. The van der Waals surface area contributed by atoms with Crippen molar-refractivity contribution in [3.8, 4) is 5.75 Å². The van der Waals surface area contributed by atoms with Crippen LogP contribution in [0.3, 0.4) is 0 Å². The molecule has 4 rings (SSSR count). The van der Waals surface area contributed by atoms with Crippen LogP contribution in [-0.4, -0.2) is 25.5 Å². The minimum absolute atomic E-state index is 0.0453. The van der Waals surface area contributed by atoms with Crippen molar-refractivity contribution in [2.45, 2.75) is 38.8 Å². The molecule has 0 unspecified atom stereocenters. The third-order valence-electron chi connectivity index (χ3n) is 5.46. The minimum Gasteiger partial charge on any atom is -0.508 e. The number of imidazole rings is 1. The van der Waals surface area contributed by atoms with Gasteiger partial charge in [0.25, 0.3) is 5.56 Å². The number of aromatic amines is 1. The number of benzene rings is 2. The van der Waals surface area contributed by atoms with Gasteiger partial charge >= 0.3 is 0 Å². The molecule has 0 fully saturated rings. The molecule has 1 atom stereocenters. The van der Waals surface area contributed by atoms with Gasteiger partial charge in [0.2, 0.25) is 5.91 Å². The summed E-state index contributed by atoms with van der Waals surface area (Å²) >= 11 is 0. The fourth-order valence-corrected chi connectivity index (χ4v) is 3.87. The zero-order valence-electron chi connectivity index (χ0n) is 17.9. The van der Waals surface area contributed by atoms with Gasteiger partial charge in [0.05, 0.1) is 17.1 Å². The number of carbonyl (C=O) groups excluding carboxylic acids is 1. The number of fused-ring (bicyclic) bond motifs is 1. The molecule has 7 heteroatoms. The molecule has 0 saturated heterocycles. The standard InChI is InChI=1S/C25H26N4O3/c1-17-14-19(30)16-24(32)29(17)13-7-12-23(31)26-22(15-18-8-3-2-4-9-18)25-27-20-10-5-6-11-21(20)28-25/h2-6,8-11,14,16,22,30H,7,12-13,15H2,1H3,(H,26,31)(H,27,28)/t22-/m1/s1. The SMILES string of the molecule is Cc1cc(O)cc(=O)n1CCCC(=O)N[C@H](Cc1ccccc1)c1nc2ccccc2[nH]1. The molecule has 32 heavy (non-hydrogen) atoms. The van der Waals surface area contributed by atoms with Crippen LogP contribution in [0.5, 0.6) is 5.75 Å². The van der Waals surface area contributed by atoms with E-state index in [0.717, 1.165) is 16.6 Å². The highest BCUT2D eigenvalue weighted by molar-refractivity contribution is 5.77. The molecule has 7 nitrogen and oxygen atoms in total. The molecule has 0 radical (unpaired) electrons. The molecule has 0 spiro atoms. The number of rotatable bonds is 8. The molecular formula is C25H26N4O3. The topological polar surface area (TPSA) is 100 Å². The maximum Gasteiger partial charge on any atom is 0.254 e. The molecule has 0 bridgehead atoms. The number of para-hydroxylation sites is 2. The predicted octanol–water partition coefficient (Wildman–Crippen LogP) is 3.62. The Kier molecular flexibility index (Phi) is 6.35. The third kappa shape index (κ3) is 5.06. The van der Waals surface area contributed by atoms with E-state index in [1.807, 2.05) is 54.6 Å². The smallest absolute Gasteiger partial charge is 0.254 e. The zero-order valence-corrected chi connectivity index (χ0v) is 17.9. The lowest BCUT2D eigenvalue weighted by molar-refractivity contribution is -0.122. The van der Waals surface area contributed by atoms with Crippen molar-refractivity contribution >= 4 is 16.9 Å². The first kappa shape index (κ1) is 21.4. The average Bonchev–Trinajstić information content (AvgIpc) is 3.20. The van der Waals surface area contributed by atoms with Gasteiger partial charge in [0.1, 0.15) is 11.6 Å². The van der Waals surface area contributed by atoms with Crippen LogP contribution in [0.2, 0.25) is 0 Å². The summed E-state index contributed by atoms with van der Waals surface area (Å²) in [5.41, 5.74) is 3.28. The lowest BCUT2D eigenvalue weighted by atomic mass is 10.1. The number of nitrogens with zero attached hydrogens (tertiary/aromatic N) is 2. The molecular weight excluding hydrogens is 404 g/mol. The third-order valence-corrected chi connectivity index (χ3v) is 5.46. The fourth-order valence-electron chi connectivity index (χ4n) is 3.87. The number of aromatic nitrogens is 3. The summed E-state index contributed by atoms with van der Waals surface area (Å²) in [6.45, 7) is 2.17. The Morgan fingerprint density at radius 2 is 1.88 bits per heavy atom. The molecule has 3 N–H and O–H groups in total. The summed E-state index contributed by atoms with van der Waals surface area (Å²) in [6, 6.07) is 20.2. The summed E-state index contributed by atoms with van der Waals surface area (Å²) in [5, 5.41) is 12.6. The number of nitrogens with one attached hydrogen (secondary N) is 2. The Morgan fingerprint density at radius 3 is 2.62 bits per heavy atom. The number of hydrogen-bond acceptors (Lipinski definition) is 4. The molecule has 0 aliphatic heterocycles. The van der Waals surface area contributed by atoms with Gasteiger partial charge < -0.3 is 20.0 Å². The van der Waals surface area contributed by atoms with Crippen molar-refractivity contribution in [2.24, 2.45) is 0 Å². The number of pyridine rings is 1. The fraction of sp³-hybridized carbons (Fsp3) is 0.240. The first-order valence-electron chi connectivity index (χ1n) is 10.7. The van der Waals surface area contributed by atoms with E-state index in [0.29, 0.717) is 30.9 Å². The van der Waals surface area contributed by atoms with Crippen molar-refractivity contribution in [1.82, 2.24) is 19.9 Å². The van der Waals surface area contributed by atoms with Gasteiger partial charge in [0, 0.05) is 24.7 Å². The Morgan fingerprint density at radius 1 is 1.12 bits per heavy atom. The van der Waals surface area contributed by atoms with Crippen molar-refractivity contribution < 1.29 is 9.90 Å². The average molecular weight is 431 g/mol. The van der Waals surface area contributed by atoms with Crippen LogP contribution in [0.1, 0.15) is 36.0 Å². The minimum atomic E-state index is -0.296. The van der Waals surface area contributed by atoms with Crippen molar-refractivity contribution in [1.29, 1.82) is 0 Å². The lowest BCUT2D eigenvalue weighted by Gasteiger charge is -2.17. The Balaban J connectivity index is 1.45. The molecule has 0 aliphatic carbocycles. The van der Waals surface area contributed by atoms with Gasteiger partial charge in [-0.25, -0.2) is 4.98 Å². The normalized spacial score (nSPS) is 12.0. The highest BCUT2D eigenvalue weighted by Gasteiger charge is 2.19. The number of carbonyl (C=O) groups is 1. The quantitative estimate of drug-likeness (QED) is 0.397. The molecule has 2 heterocycles. The van der Waals surface area contributed by atoms with E-state index < -0.39 is 0 Å². The van der Waals surface area contributed by atoms with Gasteiger partial charge in [-0.3, -0.25) is 9.59 Å². The summed E-state index contributed by atoms with van der Waals surface area (Å²) in [5.74, 6) is 0.570. The van der Waals surface area contributed by atoms with Gasteiger partial charge in [-0.05, 0) is 43.5 Å². The molecule has 0 saturated carbocycles. The highest BCUT2D eigenvalue weighted by atomic mass is 16.3. The van der Waals surface area contributed by atoms with Gasteiger partial charge in [-0.15, -0.1) is 0 Å². The molecule has 1 amide bonds. The number of amides is 1.